The zero-order chi connectivity index (χ0) is 17.7. The molecular weight excluding hydrogens is 326 g/mol. The number of benzene rings is 1. The largest absolute Gasteiger partial charge is 0.299 e. The van der Waals surface area contributed by atoms with Crippen molar-refractivity contribution in [3.05, 3.63) is 29.3 Å². The number of Topliss-reactive ketones (excluding diaryl/α,β-unsaturated/α-hetero) is 1. The van der Waals surface area contributed by atoms with Crippen LogP contribution in [-0.2, 0) is 14.4 Å². The van der Waals surface area contributed by atoms with Crippen LogP contribution < -0.4 is 4.90 Å². The highest BCUT2D eigenvalue weighted by Crippen LogP contribution is 2.35. The van der Waals surface area contributed by atoms with Gasteiger partial charge in [-0.05, 0) is 31.0 Å². The molecule has 2 unspecified atom stereocenters. The summed E-state index contributed by atoms with van der Waals surface area (Å²) in [4.78, 5) is 38.9. The Bertz CT molecular complexity index is 629. The molecule has 5 heteroatoms. The highest BCUT2D eigenvalue weighted by molar-refractivity contribution is 6.31. The van der Waals surface area contributed by atoms with Gasteiger partial charge in [0.05, 0.1) is 11.6 Å². The highest BCUT2D eigenvalue weighted by atomic mass is 35.5. The predicted octanol–water partition coefficient (Wildman–Crippen LogP) is 4.40. The van der Waals surface area contributed by atoms with Gasteiger partial charge < -0.3 is 0 Å². The van der Waals surface area contributed by atoms with Crippen LogP contribution in [0.1, 0.15) is 52.4 Å². The summed E-state index contributed by atoms with van der Waals surface area (Å²) in [5, 5.41) is 0.473. The van der Waals surface area contributed by atoms with Crippen molar-refractivity contribution in [2.24, 2.45) is 11.8 Å². The first kappa shape index (κ1) is 18.7. The Hall–Kier alpha value is -1.68. The van der Waals surface area contributed by atoms with Gasteiger partial charge in [-0.25, -0.2) is 0 Å². The van der Waals surface area contributed by atoms with Gasteiger partial charge in [-0.15, -0.1) is 0 Å². The average molecular weight is 350 g/mol. The number of ketones is 1. The van der Waals surface area contributed by atoms with Crippen LogP contribution in [0.3, 0.4) is 0 Å². The van der Waals surface area contributed by atoms with Gasteiger partial charge >= 0.3 is 0 Å². The maximum atomic E-state index is 12.8. The van der Waals surface area contributed by atoms with Gasteiger partial charge in [0, 0.05) is 23.8 Å². The Morgan fingerprint density at radius 3 is 2.67 bits per heavy atom. The minimum atomic E-state index is -0.541. The summed E-state index contributed by atoms with van der Waals surface area (Å²) in [5.74, 6) is -1.32. The van der Waals surface area contributed by atoms with Crippen LogP contribution in [0.2, 0.25) is 5.02 Å². The molecule has 1 heterocycles. The van der Waals surface area contributed by atoms with E-state index in [-0.39, 0.29) is 29.9 Å². The van der Waals surface area contributed by atoms with Gasteiger partial charge in [-0.3, -0.25) is 19.3 Å². The number of amides is 2. The van der Waals surface area contributed by atoms with E-state index in [2.05, 4.69) is 0 Å². The van der Waals surface area contributed by atoms with Crippen molar-refractivity contribution in [1.29, 1.82) is 0 Å². The summed E-state index contributed by atoms with van der Waals surface area (Å²) in [6.45, 7) is 4.03. The quantitative estimate of drug-likeness (QED) is 0.654. The standard InChI is InChI=1S/C19H24ClNO3/c1-3-5-10-17(22)15(7-4-2)16-12-18(23)21(19(16)24)14-9-6-8-13(20)11-14/h6,8-9,11,15-16H,3-5,7,10,12H2,1-2H3. The van der Waals surface area contributed by atoms with Crippen LogP contribution in [0.25, 0.3) is 0 Å². The number of hydrogen-bond donors (Lipinski definition) is 0. The van der Waals surface area contributed by atoms with Crippen LogP contribution in [0, 0.1) is 11.8 Å². The molecule has 0 spiro atoms. The number of hydrogen-bond acceptors (Lipinski definition) is 3. The Morgan fingerprint density at radius 2 is 2.04 bits per heavy atom. The van der Waals surface area contributed by atoms with Crippen LogP contribution in [0.4, 0.5) is 5.69 Å². The van der Waals surface area contributed by atoms with E-state index in [4.69, 9.17) is 11.6 Å². The lowest BCUT2D eigenvalue weighted by molar-refractivity contribution is -0.131. The SMILES string of the molecule is CCCCC(=O)C(CCC)C1CC(=O)N(c2cccc(Cl)c2)C1=O. The van der Waals surface area contributed by atoms with Gasteiger partial charge in [0.25, 0.3) is 0 Å². The van der Waals surface area contributed by atoms with E-state index in [1.54, 1.807) is 24.3 Å². The zero-order valence-corrected chi connectivity index (χ0v) is 15.0. The number of anilines is 1. The first-order chi connectivity index (χ1) is 11.5. The van der Waals surface area contributed by atoms with Crippen molar-refractivity contribution in [3.63, 3.8) is 0 Å². The molecule has 1 aliphatic rings. The van der Waals surface area contributed by atoms with Gasteiger partial charge in [-0.2, -0.15) is 0 Å². The lowest BCUT2D eigenvalue weighted by atomic mass is 9.82. The first-order valence-electron chi connectivity index (χ1n) is 8.64. The number of unbranched alkanes of at least 4 members (excludes halogenated alkanes) is 1. The summed E-state index contributed by atoms with van der Waals surface area (Å²) in [5.41, 5.74) is 0.483. The summed E-state index contributed by atoms with van der Waals surface area (Å²) in [6.07, 6.45) is 3.82. The van der Waals surface area contributed by atoms with Crippen molar-refractivity contribution < 1.29 is 14.4 Å². The minimum Gasteiger partial charge on any atom is -0.299 e. The van der Waals surface area contributed by atoms with Crippen molar-refractivity contribution in [1.82, 2.24) is 0 Å². The number of imide groups is 1. The van der Waals surface area contributed by atoms with Crippen LogP contribution in [0.5, 0.6) is 0 Å². The molecule has 1 saturated heterocycles. The first-order valence-corrected chi connectivity index (χ1v) is 9.02. The molecule has 1 aromatic carbocycles. The molecular formula is C19H24ClNO3. The molecule has 2 atom stereocenters. The van der Waals surface area contributed by atoms with E-state index in [1.165, 1.54) is 4.90 Å². The third kappa shape index (κ3) is 4.04. The van der Waals surface area contributed by atoms with Crippen LogP contribution in [0.15, 0.2) is 24.3 Å². The number of carbonyl (C=O) groups excluding carboxylic acids is 3. The molecule has 1 aromatic rings. The second-order valence-corrected chi connectivity index (χ2v) is 6.76. The third-order valence-electron chi connectivity index (χ3n) is 4.52. The van der Waals surface area contributed by atoms with Crippen LogP contribution >= 0.6 is 11.6 Å². The van der Waals surface area contributed by atoms with E-state index in [0.717, 1.165) is 19.3 Å². The van der Waals surface area contributed by atoms with E-state index in [1.807, 2.05) is 13.8 Å². The highest BCUT2D eigenvalue weighted by Gasteiger charge is 2.45. The smallest absolute Gasteiger partial charge is 0.238 e. The normalized spacial score (nSPS) is 19.0. The summed E-state index contributed by atoms with van der Waals surface area (Å²) < 4.78 is 0. The zero-order valence-electron chi connectivity index (χ0n) is 14.3. The number of carbonyl (C=O) groups is 3. The van der Waals surface area contributed by atoms with Crippen molar-refractivity contribution in [2.75, 3.05) is 4.90 Å². The summed E-state index contributed by atoms with van der Waals surface area (Å²) in [6, 6.07) is 6.70. The molecule has 24 heavy (non-hydrogen) atoms. The summed E-state index contributed by atoms with van der Waals surface area (Å²) >= 11 is 5.97. The third-order valence-corrected chi connectivity index (χ3v) is 4.76. The molecule has 0 saturated carbocycles. The molecule has 4 nitrogen and oxygen atoms in total. The molecule has 0 aliphatic carbocycles. The molecule has 0 N–H and O–H groups in total. The molecule has 1 fully saturated rings. The van der Waals surface area contributed by atoms with Crippen LogP contribution in [-0.4, -0.2) is 17.6 Å². The van der Waals surface area contributed by atoms with Crippen molar-refractivity contribution in [3.8, 4) is 0 Å². The van der Waals surface area contributed by atoms with Gasteiger partial charge in [0.2, 0.25) is 11.8 Å². The average Bonchev–Trinajstić information content (AvgIpc) is 2.84. The Kier molecular flexibility index (Phi) is 6.55. The lowest BCUT2D eigenvalue weighted by Gasteiger charge is -2.21. The van der Waals surface area contributed by atoms with Gasteiger partial charge in [0.15, 0.2) is 0 Å². The van der Waals surface area contributed by atoms with E-state index in [9.17, 15) is 14.4 Å². The fourth-order valence-electron chi connectivity index (χ4n) is 3.29. The Morgan fingerprint density at radius 1 is 1.29 bits per heavy atom. The maximum Gasteiger partial charge on any atom is 0.238 e. The minimum absolute atomic E-state index is 0.105. The topological polar surface area (TPSA) is 54.5 Å². The monoisotopic (exact) mass is 349 g/mol. The Labute approximate surface area is 148 Å². The van der Waals surface area contributed by atoms with E-state index < -0.39 is 5.92 Å². The number of nitrogens with zero attached hydrogens (tertiary/aromatic N) is 1. The van der Waals surface area contributed by atoms with Crippen molar-refractivity contribution in [2.45, 2.75) is 52.4 Å². The van der Waals surface area contributed by atoms with E-state index >= 15 is 0 Å². The molecule has 0 bridgehead atoms. The summed E-state index contributed by atoms with van der Waals surface area (Å²) in [7, 11) is 0. The predicted molar refractivity (Wildman–Crippen MR) is 95.0 cm³/mol. The second kappa shape index (κ2) is 8.43. The van der Waals surface area contributed by atoms with Crippen molar-refractivity contribution >= 4 is 34.9 Å². The fourth-order valence-corrected chi connectivity index (χ4v) is 3.47. The molecule has 0 radical (unpaired) electrons. The van der Waals surface area contributed by atoms with Gasteiger partial charge in [0.1, 0.15) is 5.78 Å². The molecule has 2 amide bonds. The number of rotatable bonds is 8. The molecule has 1 aliphatic heterocycles. The maximum absolute atomic E-state index is 12.8. The number of halogens is 1. The Balaban J connectivity index is 2.23. The van der Waals surface area contributed by atoms with Gasteiger partial charge in [-0.1, -0.05) is 44.4 Å². The molecule has 130 valence electrons. The fraction of sp³-hybridized carbons (Fsp3) is 0.526. The molecule has 0 aromatic heterocycles. The molecule has 2 rings (SSSR count). The second-order valence-electron chi connectivity index (χ2n) is 6.32. The lowest BCUT2D eigenvalue weighted by Crippen LogP contribution is -2.34. The van der Waals surface area contributed by atoms with E-state index in [0.29, 0.717) is 23.6 Å².